The van der Waals surface area contributed by atoms with E-state index in [-0.39, 0.29) is 11.8 Å². The Hall–Kier alpha value is -4.10. The number of aromatic nitrogens is 2. The Bertz CT molecular complexity index is 1410. The molecular weight excluding hydrogens is 464 g/mol. The van der Waals surface area contributed by atoms with E-state index < -0.39 is 5.97 Å². The summed E-state index contributed by atoms with van der Waals surface area (Å²) in [4.78, 5) is 37.4. The zero-order valence-corrected chi connectivity index (χ0v) is 21.1. The van der Waals surface area contributed by atoms with Crippen LogP contribution in [0.25, 0.3) is 22.0 Å². The van der Waals surface area contributed by atoms with Gasteiger partial charge in [-0.15, -0.1) is 0 Å². The second-order valence-electron chi connectivity index (χ2n) is 9.44. The SMILES string of the molecule is COC(=O)c1c(CN2CCC(C(=O)Nc3ccc(C)cn3)CC2)nc2ccccc2c1-c1ccccc1. The molecule has 188 valence electrons. The van der Waals surface area contributed by atoms with Crippen LogP contribution in [0.2, 0.25) is 0 Å². The minimum absolute atomic E-state index is 0.00134. The van der Waals surface area contributed by atoms with Crippen LogP contribution in [0.1, 0.15) is 34.5 Å². The van der Waals surface area contributed by atoms with Gasteiger partial charge >= 0.3 is 5.97 Å². The number of nitrogens with one attached hydrogen (secondary N) is 1. The molecule has 0 radical (unpaired) electrons. The van der Waals surface area contributed by atoms with Crippen molar-refractivity contribution >= 4 is 28.6 Å². The second-order valence-corrected chi connectivity index (χ2v) is 9.44. The van der Waals surface area contributed by atoms with Crippen LogP contribution in [0, 0.1) is 12.8 Å². The topological polar surface area (TPSA) is 84.4 Å². The molecule has 0 bridgehead atoms. The lowest BCUT2D eigenvalue weighted by atomic mass is 9.92. The van der Waals surface area contributed by atoms with Crippen molar-refractivity contribution in [1.82, 2.24) is 14.9 Å². The number of para-hydroxylation sites is 1. The fraction of sp³-hybridized carbons (Fsp3) is 0.267. The van der Waals surface area contributed by atoms with E-state index in [2.05, 4.69) is 15.2 Å². The number of fused-ring (bicyclic) bond motifs is 1. The number of anilines is 1. The lowest BCUT2D eigenvalue weighted by Crippen LogP contribution is -2.38. The molecule has 3 heterocycles. The number of hydrogen-bond donors (Lipinski definition) is 1. The molecule has 1 aliphatic rings. The molecule has 0 aliphatic carbocycles. The number of esters is 1. The van der Waals surface area contributed by atoms with E-state index in [0.29, 0.717) is 23.6 Å². The minimum atomic E-state index is -0.396. The third-order valence-corrected chi connectivity index (χ3v) is 6.91. The zero-order valence-electron chi connectivity index (χ0n) is 21.1. The maximum absolute atomic E-state index is 13.1. The van der Waals surface area contributed by atoms with Gasteiger partial charge in [-0.05, 0) is 56.1 Å². The number of carbonyl (C=O) groups is 2. The van der Waals surface area contributed by atoms with Crippen molar-refractivity contribution in [2.45, 2.75) is 26.3 Å². The van der Waals surface area contributed by atoms with Gasteiger partial charge in [0.05, 0.1) is 23.9 Å². The average molecular weight is 495 g/mol. The van der Waals surface area contributed by atoms with Crippen LogP contribution in [0.5, 0.6) is 0 Å². The summed E-state index contributed by atoms with van der Waals surface area (Å²) < 4.78 is 5.23. The molecule has 37 heavy (non-hydrogen) atoms. The predicted molar refractivity (Wildman–Crippen MR) is 144 cm³/mol. The Balaban J connectivity index is 1.39. The summed E-state index contributed by atoms with van der Waals surface area (Å²) in [6, 6.07) is 21.5. The van der Waals surface area contributed by atoms with Crippen LogP contribution in [0.15, 0.2) is 72.9 Å². The fourth-order valence-electron chi connectivity index (χ4n) is 4.94. The van der Waals surface area contributed by atoms with Gasteiger partial charge in [0.2, 0.25) is 5.91 Å². The Kier molecular flexibility index (Phi) is 7.23. The number of aryl methyl sites for hydroxylation is 1. The standard InChI is InChI=1S/C30H30N4O3/c1-20-12-13-26(31-18-20)33-29(35)22-14-16-34(17-15-22)19-25-28(30(36)37-2)27(21-8-4-3-5-9-21)23-10-6-7-11-24(23)32-25/h3-13,18,22H,14-17,19H2,1-2H3,(H,31,33,35). The normalized spacial score (nSPS) is 14.4. The van der Waals surface area contributed by atoms with E-state index in [1.165, 1.54) is 7.11 Å². The molecule has 2 aromatic heterocycles. The summed E-state index contributed by atoms with van der Waals surface area (Å²) in [5.74, 6) is 0.104. The molecule has 0 atom stereocenters. The summed E-state index contributed by atoms with van der Waals surface area (Å²) in [6.45, 7) is 3.93. The Morgan fingerprint density at radius 2 is 1.73 bits per heavy atom. The quantitative estimate of drug-likeness (QED) is 0.369. The smallest absolute Gasteiger partial charge is 0.340 e. The summed E-state index contributed by atoms with van der Waals surface area (Å²) in [5.41, 5.74) is 4.86. The summed E-state index contributed by atoms with van der Waals surface area (Å²) in [7, 11) is 1.41. The molecule has 0 spiro atoms. The third-order valence-electron chi connectivity index (χ3n) is 6.91. The first-order valence-electron chi connectivity index (χ1n) is 12.5. The Morgan fingerprint density at radius 3 is 2.43 bits per heavy atom. The number of hydrogen-bond acceptors (Lipinski definition) is 6. The molecule has 4 aromatic rings. The molecular formula is C30H30N4O3. The number of likely N-dealkylation sites (tertiary alicyclic amines) is 1. The van der Waals surface area contributed by atoms with Gasteiger partial charge in [-0.1, -0.05) is 54.6 Å². The van der Waals surface area contributed by atoms with Crippen LogP contribution >= 0.6 is 0 Å². The van der Waals surface area contributed by atoms with Crippen LogP contribution in [0.4, 0.5) is 5.82 Å². The number of pyridine rings is 2. The van der Waals surface area contributed by atoms with Crippen molar-refractivity contribution in [3.05, 3.63) is 89.7 Å². The number of carbonyl (C=O) groups excluding carboxylic acids is 2. The number of amides is 1. The predicted octanol–water partition coefficient (Wildman–Crippen LogP) is 5.24. The molecule has 1 saturated heterocycles. The van der Waals surface area contributed by atoms with Gasteiger partial charge in [0.25, 0.3) is 0 Å². The number of methoxy groups -OCH3 is 1. The van der Waals surface area contributed by atoms with E-state index in [1.807, 2.05) is 73.7 Å². The summed E-state index contributed by atoms with van der Waals surface area (Å²) in [5, 5.41) is 3.85. The van der Waals surface area contributed by atoms with Crippen molar-refractivity contribution in [1.29, 1.82) is 0 Å². The Labute approximate surface area is 216 Å². The van der Waals surface area contributed by atoms with Crippen molar-refractivity contribution in [3.63, 3.8) is 0 Å². The van der Waals surface area contributed by atoms with Crippen molar-refractivity contribution in [3.8, 4) is 11.1 Å². The van der Waals surface area contributed by atoms with Crippen molar-refractivity contribution < 1.29 is 14.3 Å². The average Bonchev–Trinajstić information content (AvgIpc) is 2.94. The highest BCUT2D eigenvalue weighted by Crippen LogP contribution is 2.34. The van der Waals surface area contributed by atoms with Gasteiger partial charge in [-0.3, -0.25) is 14.7 Å². The highest BCUT2D eigenvalue weighted by molar-refractivity contribution is 6.07. The zero-order chi connectivity index (χ0) is 25.8. The first kappa shape index (κ1) is 24.6. The first-order valence-corrected chi connectivity index (χ1v) is 12.5. The highest BCUT2D eigenvalue weighted by atomic mass is 16.5. The van der Waals surface area contributed by atoms with Gasteiger partial charge in [0.1, 0.15) is 5.82 Å². The van der Waals surface area contributed by atoms with Crippen LogP contribution in [-0.4, -0.2) is 46.9 Å². The summed E-state index contributed by atoms with van der Waals surface area (Å²) in [6.07, 6.45) is 3.20. The summed E-state index contributed by atoms with van der Waals surface area (Å²) >= 11 is 0. The molecule has 7 heteroatoms. The molecule has 1 fully saturated rings. The number of benzene rings is 2. The van der Waals surface area contributed by atoms with E-state index in [1.54, 1.807) is 6.20 Å². The largest absolute Gasteiger partial charge is 0.465 e. The molecule has 2 aromatic carbocycles. The molecule has 0 saturated carbocycles. The van der Waals surface area contributed by atoms with Crippen molar-refractivity contribution in [2.75, 3.05) is 25.5 Å². The molecule has 1 aliphatic heterocycles. The number of ether oxygens (including phenoxy) is 1. The van der Waals surface area contributed by atoms with Crippen LogP contribution in [-0.2, 0) is 16.1 Å². The molecule has 5 rings (SSSR count). The van der Waals surface area contributed by atoms with Gasteiger partial charge in [0.15, 0.2) is 0 Å². The van der Waals surface area contributed by atoms with E-state index >= 15 is 0 Å². The van der Waals surface area contributed by atoms with Crippen LogP contribution in [0.3, 0.4) is 0 Å². The molecule has 1 N–H and O–H groups in total. The highest BCUT2D eigenvalue weighted by Gasteiger charge is 2.28. The lowest BCUT2D eigenvalue weighted by Gasteiger charge is -2.31. The maximum atomic E-state index is 13.1. The third kappa shape index (κ3) is 5.37. The second kappa shape index (κ2) is 10.9. The fourth-order valence-corrected chi connectivity index (χ4v) is 4.94. The van der Waals surface area contributed by atoms with Gasteiger partial charge in [0, 0.05) is 29.6 Å². The minimum Gasteiger partial charge on any atom is -0.465 e. The van der Waals surface area contributed by atoms with Gasteiger partial charge < -0.3 is 10.1 Å². The maximum Gasteiger partial charge on any atom is 0.340 e. The number of nitrogens with zero attached hydrogens (tertiary/aromatic N) is 3. The number of rotatable bonds is 6. The monoisotopic (exact) mass is 494 g/mol. The van der Waals surface area contributed by atoms with E-state index in [9.17, 15) is 9.59 Å². The molecule has 0 unspecified atom stereocenters. The Morgan fingerprint density at radius 1 is 1.00 bits per heavy atom. The molecule has 7 nitrogen and oxygen atoms in total. The van der Waals surface area contributed by atoms with Crippen LogP contribution < -0.4 is 5.32 Å². The van der Waals surface area contributed by atoms with Gasteiger partial charge in [-0.25, -0.2) is 9.78 Å². The molecule has 1 amide bonds. The van der Waals surface area contributed by atoms with Gasteiger partial charge in [-0.2, -0.15) is 0 Å². The first-order chi connectivity index (χ1) is 18.0. The van der Waals surface area contributed by atoms with E-state index in [0.717, 1.165) is 53.5 Å². The van der Waals surface area contributed by atoms with E-state index in [4.69, 9.17) is 9.72 Å². The van der Waals surface area contributed by atoms with Crippen molar-refractivity contribution in [2.24, 2.45) is 5.92 Å². The number of piperidine rings is 1. The lowest BCUT2D eigenvalue weighted by molar-refractivity contribution is -0.121.